The lowest BCUT2D eigenvalue weighted by molar-refractivity contribution is -0.144. The summed E-state index contributed by atoms with van der Waals surface area (Å²) < 4.78 is 32.7. The lowest BCUT2D eigenvalue weighted by atomic mass is 9.85. The monoisotopic (exact) mass is 522 g/mol. The number of hydrogen-bond acceptors (Lipinski definition) is 6. The van der Waals surface area contributed by atoms with E-state index in [1.54, 1.807) is 18.9 Å². The Kier molecular flexibility index (Phi) is 8.56. The molecule has 204 valence electrons. The maximum atomic E-state index is 13.9. The molecule has 2 N–H and O–H groups in total. The van der Waals surface area contributed by atoms with E-state index in [1.807, 2.05) is 20.8 Å². The summed E-state index contributed by atoms with van der Waals surface area (Å²) >= 11 is 0. The van der Waals surface area contributed by atoms with Crippen molar-refractivity contribution in [3.05, 3.63) is 29.8 Å². The van der Waals surface area contributed by atoms with E-state index in [0.717, 1.165) is 12.1 Å². The fraction of sp³-hybridized carbons (Fsp3) is 0.615. The van der Waals surface area contributed by atoms with E-state index in [9.17, 15) is 28.0 Å². The fourth-order valence-corrected chi connectivity index (χ4v) is 5.03. The van der Waals surface area contributed by atoms with Crippen LogP contribution in [0.5, 0.6) is 5.75 Å². The molecule has 2 aliphatic heterocycles. The number of hydrogen-bond donors (Lipinski definition) is 2. The quantitative estimate of drug-likeness (QED) is 0.501. The fourth-order valence-electron chi connectivity index (χ4n) is 5.03. The van der Waals surface area contributed by atoms with Gasteiger partial charge >= 0.3 is 0 Å². The molecule has 0 bridgehead atoms. The Morgan fingerprint density at radius 3 is 2.38 bits per heavy atom. The van der Waals surface area contributed by atoms with Crippen molar-refractivity contribution in [1.29, 1.82) is 0 Å². The smallest absolute Gasteiger partial charge is 0.289 e. The zero-order valence-corrected chi connectivity index (χ0v) is 22.1. The van der Waals surface area contributed by atoms with E-state index < -0.39 is 52.9 Å². The Morgan fingerprint density at radius 2 is 1.81 bits per heavy atom. The second-order valence-corrected chi connectivity index (χ2v) is 10.9. The number of rotatable bonds is 8. The van der Waals surface area contributed by atoms with Crippen LogP contribution in [0.25, 0.3) is 0 Å². The number of nitrogens with zero attached hydrogens (tertiary/aromatic N) is 2. The number of fused-ring (bicyclic) bond motifs is 1. The predicted octanol–water partition coefficient (Wildman–Crippen LogP) is 1.50. The first-order valence-corrected chi connectivity index (χ1v) is 12.4. The number of halogens is 2. The molecule has 37 heavy (non-hydrogen) atoms. The number of ether oxygens (including phenoxy) is 1. The number of carbonyl (C=O) groups excluding carboxylic acids is 4. The summed E-state index contributed by atoms with van der Waals surface area (Å²) in [6, 6.07) is 0.996. The standard InChI is InChI=1S/C26H36F2N4O5/c1-14(29-6)23(34)30-22(26(3,4)5)25(36)31-10-9-20-21(31)16(12-32(20)24(35)15(2)33)13-37-17-7-8-18(27)19(28)11-17/h7-8,11,14,16,20-22,29H,9-10,12-13H2,1-6H3,(H,30,34). The van der Waals surface area contributed by atoms with E-state index in [-0.39, 0.29) is 36.6 Å². The van der Waals surface area contributed by atoms with Crippen LogP contribution in [0.2, 0.25) is 0 Å². The van der Waals surface area contributed by atoms with Crippen molar-refractivity contribution >= 4 is 23.5 Å². The molecule has 2 fully saturated rings. The van der Waals surface area contributed by atoms with E-state index in [0.29, 0.717) is 13.0 Å². The van der Waals surface area contributed by atoms with Crippen LogP contribution >= 0.6 is 0 Å². The van der Waals surface area contributed by atoms with E-state index >= 15 is 0 Å². The van der Waals surface area contributed by atoms with Crippen LogP contribution < -0.4 is 15.4 Å². The minimum Gasteiger partial charge on any atom is -0.493 e. The van der Waals surface area contributed by atoms with Gasteiger partial charge in [0.05, 0.1) is 24.7 Å². The summed E-state index contributed by atoms with van der Waals surface area (Å²) in [5.41, 5.74) is -0.608. The molecule has 3 rings (SSSR count). The number of nitrogens with one attached hydrogen (secondary N) is 2. The van der Waals surface area contributed by atoms with E-state index in [4.69, 9.17) is 4.74 Å². The zero-order valence-electron chi connectivity index (χ0n) is 22.1. The molecule has 5 atom stereocenters. The third kappa shape index (κ3) is 6.08. The lowest BCUT2D eigenvalue weighted by Crippen LogP contribution is -2.59. The first kappa shape index (κ1) is 28.5. The molecule has 11 heteroatoms. The normalized spacial score (nSPS) is 22.9. The maximum absolute atomic E-state index is 13.9. The summed E-state index contributed by atoms with van der Waals surface area (Å²) in [6.07, 6.45) is 0.467. The van der Waals surface area contributed by atoms with Gasteiger partial charge in [-0.25, -0.2) is 8.78 Å². The Balaban J connectivity index is 1.87. The molecular weight excluding hydrogens is 486 g/mol. The summed E-state index contributed by atoms with van der Waals surface area (Å²) in [4.78, 5) is 54.3. The molecule has 1 aromatic rings. The number of amides is 3. The van der Waals surface area contributed by atoms with Gasteiger partial charge in [0.2, 0.25) is 17.6 Å². The molecule has 3 amide bonds. The third-order valence-corrected chi connectivity index (χ3v) is 7.16. The first-order valence-electron chi connectivity index (χ1n) is 12.4. The van der Waals surface area contributed by atoms with E-state index in [2.05, 4.69) is 10.6 Å². The Morgan fingerprint density at radius 1 is 1.14 bits per heavy atom. The van der Waals surface area contributed by atoms with Gasteiger partial charge < -0.3 is 25.2 Å². The van der Waals surface area contributed by atoms with Crippen molar-refractivity contribution in [2.75, 3.05) is 26.7 Å². The van der Waals surface area contributed by atoms with Crippen molar-refractivity contribution in [2.45, 2.75) is 65.2 Å². The maximum Gasteiger partial charge on any atom is 0.289 e. The Hall–Kier alpha value is -3.08. The van der Waals surface area contributed by atoms with Crippen LogP contribution in [0.1, 0.15) is 41.0 Å². The molecule has 5 unspecified atom stereocenters. The molecular formula is C26H36F2N4O5. The third-order valence-electron chi connectivity index (χ3n) is 7.16. The highest BCUT2D eigenvalue weighted by molar-refractivity contribution is 6.35. The average molecular weight is 523 g/mol. The average Bonchev–Trinajstić information content (AvgIpc) is 3.41. The van der Waals surface area contributed by atoms with Crippen molar-refractivity contribution in [1.82, 2.24) is 20.4 Å². The summed E-state index contributed by atoms with van der Waals surface area (Å²) in [5, 5.41) is 5.73. The molecule has 2 aliphatic rings. The van der Waals surface area contributed by atoms with Gasteiger partial charge in [-0.2, -0.15) is 0 Å². The molecule has 0 radical (unpaired) electrons. The van der Waals surface area contributed by atoms with Gasteiger partial charge in [0.15, 0.2) is 11.6 Å². The topological polar surface area (TPSA) is 108 Å². The minimum atomic E-state index is -1.05. The number of carbonyl (C=O) groups is 4. The van der Waals surface area contributed by atoms with Gasteiger partial charge in [0.1, 0.15) is 11.8 Å². The van der Waals surface area contributed by atoms with Gasteiger partial charge in [-0.1, -0.05) is 20.8 Å². The van der Waals surface area contributed by atoms with Crippen molar-refractivity contribution in [3.8, 4) is 5.75 Å². The van der Waals surface area contributed by atoms with Crippen LogP contribution in [0.15, 0.2) is 18.2 Å². The zero-order chi connectivity index (χ0) is 27.7. The van der Waals surface area contributed by atoms with Gasteiger partial charge in [0.25, 0.3) is 5.91 Å². The van der Waals surface area contributed by atoms with Gasteiger partial charge in [0, 0.05) is 32.0 Å². The van der Waals surface area contributed by atoms with Gasteiger partial charge in [-0.3, -0.25) is 19.2 Å². The van der Waals surface area contributed by atoms with Gasteiger partial charge in [-0.05, 0) is 37.9 Å². The highest BCUT2D eigenvalue weighted by atomic mass is 19.2. The SMILES string of the molecule is CNC(C)C(=O)NC(C(=O)N1CCC2C1C(COc1ccc(F)c(F)c1)CN2C(=O)C(C)=O)C(C)(C)C. The van der Waals surface area contributed by atoms with Crippen LogP contribution in [0.4, 0.5) is 8.78 Å². The summed E-state index contributed by atoms with van der Waals surface area (Å²) in [5.74, 6) is -4.16. The molecule has 0 spiro atoms. The number of ketones is 1. The largest absolute Gasteiger partial charge is 0.493 e. The molecule has 0 saturated carbocycles. The number of Topliss-reactive ketones (excluding diaryl/α,β-unsaturated/α-hetero) is 1. The van der Waals surface area contributed by atoms with E-state index in [1.165, 1.54) is 17.9 Å². The predicted molar refractivity (Wildman–Crippen MR) is 132 cm³/mol. The highest BCUT2D eigenvalue weighted by Gasteiger charge is 2.54. The summed E-state index contributed by atoms with van der Waals surface area (Å²) in [7, 11) is 1.65. The number of likely N-dealkylation sites (N-methyl/N-ethyl adjacent to an activating group) is 1. The van der Waals surface area contributed by atoms with Crippen LogP contribution in [-0.4, -0.2) is 84.2 Å². The second-order valence-electron chi connectivity index (χ2n) is 10.9. The number of benzene rings is 1. The Bertz CT molecular complexity index is 1060. The lowest BCUT2D eigenvalue weighted by Gasteiger charge is -2.37. The van der Waals surface area contributed by atoms with Crippen molar-refractivity contribution in [2.24, 2.45) is 11.3 Å². The van der Waals surface area contributed by atoms with Crippen LogP contribution in [0, 0.1) is 23.0 Å². The number of likely N-dealkylation sites (tertiary alicyclic amines) is 2. The first-order chi connectivity index (χ1) is 17.3. The molecule has 1 aromatic carbocycles. The summed E-state index contributed by atoms with van der Waals surface area (Å²) in [6.45, 7) is 8.99. The molecule has 2 saturated heterocycles. The van der Waals surface area contributed by atoms with Crippen molar-refractivity contribution < 1.29 is 32.7 Å². The molecule has 0 aliphatic carbocycles. The van der Waals surface area contributed by atoms with Crippen molar-refractivity contribution in [3.63, 3.8) is 0 Å². The Labute approximate surface area is 215 Å². The van der Waals surface area contributed by atoms with Crippen LogP contribution in [0.3, 0.4) is 0 Å². The van der Waals surface area contributed by atoms with Crippen LogP contribution in [-0.2, 0) is 19.2 Å². The highest BCUT2D eigenvalue weighted by Crippen LogP contribution is 2.38. The molecule has 0 aromatic heterocycles. The second kappa shape index (κ2) is 11.1. The molecule has 2 heterocycles. The van der Waals surface area contributed by atoms with Gasteiger partial charge in [-0.15, -0.1) is 0 Å². The minimum absolute atomic E-state index is 0.0149. The molecule has 9 nitrogen and oxygen atoms in total.